The lowest BCUT2D eigenvalue weighted by Gasteiger charge is -2.25. The highest BCUT2D eigenvalue weighted by Crippen LogP contribution is 2.28. The Bertz CT molecular complexity index is 106. The van der Waals surface area contributed by atoms with E-state index < -0.39 is 0 Å². The first-order valence-corrected chi connectivity index (χ1v) is 5.49. The van der Waals surface area contributed by atoms with E-state index in [1.807, 2.05) is 0 Å². The van der Waals surface area contributed by atoms with E-state index in [1.165, 1.54) is 45.2 Å². The van der Waals surface area contributed by atoms with Gasteiger partial charge < -0.3 is 5.32 Å². The predicted octanol–water partition coefficient (Wildman–Crippen LogP) is 2.81. The van der Waals surface area contributed by atoms with Crippen molar-refractivity contribution < 1.29 is 0 Å². The molecule has 12 heavy (non-hydrogen) atoms. The third-order valence-corrected chi connectivity index (χ3v) is 2.85. The normalized spacial score (nSPS) is 18.2. The van der Waals surface area contributed by atoms with Crippen LogP contribution in [-0.4, -0.2) is 13.1 Å². The molecule has 0 heterocycles. The molecule has 0 aromatic heterocycles. The molecular formula is C11H23N. The molecule has 1 aliphatic rings. The SMILES string of the molecule is CC(C)CCNCCC1CCC1. The molecule has 0 aromatic rings. The third kappa shape index (κ3) is 4.10. The third-order valence-electron chi connectivity index (χ3n) is 2.85. The summed E-state index contributed by atoms with van der Waals surface area (Å²) in [6.07, 6.45) is 7.21. The van der Waals surface area contributed by atoms with E-state index in [4.69, 9.17) is 0 Å². The summed E-state index contributed by atoms with van der Waals surface area (Å²) in [5.41, 5.74) is 0. The summed E-state index contributed by atoms with van der Waals surface area (Å²) in [4.78, 5) is 0. The lowest BCUT2D eigenvalue weighted by molar-refractivity contribution is 0.291. The zero-order valence-electron chi connectivity index (χ0n) is 8.60. The van der Waals surface area contributed by atoms with Gasteiger partial charge in [-0.05, 0) is 37.8 Å². The van der Waals surface area contributed by atoms with Gasteiger partial charge in [0.1, 0.15) is 0 Å². The first-order chi connectivity index (χ1) is 5.79. The number of rotatable bonds is 6. The van der Waals surface area contributed by atoms with Crippen molar-refractivity contribution in [3.8, 4) is 0 Å². The number of hydrogen-bond acceptors (Lipinski definition) is 1. The summed E-state index contributed by atoms with van der Waals surface area (Å²) in [5, 5.41) is 3.52. The molecule has 0 radical (unpaired) electrons. The van der Waals surface area contributed by atoms with Crippen LogP contribution in [0.4, 0.5) is 0 Å². The molecule has 0 spiro atoms. The van der Waals surface area contributed by atoms with Gasteiger partial charge >= 0.3 is 0 Å². The standard InChI is InChI=1S/C11H23N/c1-10(2)6-8-12-9-7-11-4-3-5-11/h10-12H,3-9H2,1-2H3. The molecule has 1 aliphatic carbocycles. The molecule has 1 rings (SSSR count). The molecule has 0 unspecified atom stereocenters. The molecule has 72 valence electrons. The minimum absolute atomic E-state index is 0.848. The molecule has 0 aliphatic heterocycles. The van der Waals surface area contributed by atoms with Gasteiger partial charge in [-0.3, -0.25) is 0 Å². The van der Waals surface area contributed by atoms with E-state index in [-0.39, 0.29) is 0 Å². The van der Waals surface area contributed by atoms with Crippen molar-refractivity contribution in [3.63, 3.8) is 0 Å². The smallest absolute Gasteiger partial charge is 0.00463 e. The van der Waals surface area contributed by atoms with Crippen LogP contribution in [0, 0.1) is 11.8 Å². The average Bonchev–Trinajstić information content (AvgIpc) is 1.92. The quantitative estimate of drug-likeness (QED) is 0.603. The average molecular weight is 169 g/mol. The van der Waals surface area contributed by atoms with Crippen LogP contribution in [0.2, 0.25) is 0 Å². The van der Waals surface area contributed by atoms with Crippen LogP contribution in [-0.2, 0) is 0 Å². The first-order valence-electron chi connectivity index (χ1n) is 5.49. The molecular weight excluding hydrogens is 146 g/mol. The molecule has 1 saturated carbocycles. The van der Waals surface area contributed by atoms with Crippen molar-refractivity contribution in [2.75, 3.05) is 13.1 Å². The summed E-state index contributed by atoms with van der Waals surface area (Å²) in [7, 11) is 0. The summed E-state index contributed by atoms with van der Waals surface area (Å²) < 4.78 is 0. The molecule has 0 atom stereocenters. The molecule has 1 heteroatoms. The second kappa shape index (κ2) is 5.58. The van der Waals surface area contributed by atoms with Crippen LogP contribution in [0.1, 0.15) is 46.0 Å². The second-order valence-electron chi connectivity index (χ2n) is 4.52. The Morgan fingerprint density at radius 1 is 1.25 bits per heavy atom. The maximum Gasteiger partial charge on any atom is -0.00463 e. The minimum atomic E-state index is 0.848. The van der Waals surface area contributed by atoms with Crippen LogP contribution in [0.15, 0.2) is 0 Å². The lowest BCUT2D eigenvalue weighted by Crippen LogP contribution is -2.22. The predicted molar refractivity (Wildman–Crippen MR) is 54.3 cm³/mol. The van der Waals surface area contributed by atoms with E-state index >= 15 is 0 Å². The molecule has 1 nitrogen and oxygen atoms in total. The first kappa shape index (κ1) is 10.0. The van der Waals surface area contributed by atoms with Gasteiger partial charge in [0.15, 0.2) is 0 Å². The Balaban J connectivity index is 1.76. The van der Waals surface area contributed by atoms with Crippen molar-refractivity contribution >= 4 is 0 Å². The Morgan fingerprint density at radius 2 is 2.00 bits per heavy atom. The largest absolute Gasteiger partial charge is 0.317 e. The summed E-state index contributed by atoms with van der Waals surface area (Å²) in [6.45, 7) is 7.03. The van der Waals surface area contributed by atoms with Gasteiger partial charge in [-0.1, -0.05) is 33.1 Å². The molecule has 0 saturated heterocycles. The van der Waals surface area contributed by atoms with E-state index in [0.717, 1.165) is 11.8 Å². The van der Waals surface area contributed by atoms with Gasteiger partial charge in [-0.25, -0.2) is 0 Å². The lowest BCUT2D eigenvalue weighted by atomic mass is 9.83. The van der Waals surface area contributed by atoms with Crippen molar-refractivity contribution in [2.45, 2.75) is 46.0 Å². The van der Waals surface area contributed by atoms with Gasteiger partial charge in [-0.2, -0.15) is 0 Å². The van der Waals surface area contributed by atoms with Gasteiger partial charge in [0.2, 0.25) is 0 Å². The summed E-state index contributed by atoms with van der Waals surface area (Å²) >= 11 is 0. The maximum atomic E-state index is 3.52. The molecule has 0 amide bonds. The highest BCUT2D eigenvalue weighted by molar-refractivity contribution is 4.70. The zero-order valence-corrected chi connectivity index (χ0v) is 8.60. The van der Waals surface area contributed by atoms with Crippen LogP contribution >= 0.6 is 0 Å². The molecule has 0 aromatic carbocycles. The van der Waals surface area contributed by atoms with Crippen LogP contribution < -0.4 is 5.32 Å². The fourth-order valence-electron chi connectivity index (χ4n) is 1.60. The monoisotopic (exact) mass is 169 g/mol. The summed E-state index contributed by atoms with van der Waals surface area (Å²) in [5.74, 6) is 1.91. The number of hydrogen-bond donors (Lipinski definition) is 1. The van der Waals surface area contributed by atoms with E-state index in [0.29, 0.717) is 0 Å². The van der Waals surface area contributed by atoms with Gasteiger partial charge in [-0.15, -0.1) is 0 Å². The molecule has 1 fully saturated rings. The van der Waals surface area contributed by atoms with Crippen molar-refractivity contribution in [1.82, 2.24) is 5.32 Å². The molecule has 1 N–H and O–H groups in total. The Labute approximate surface area is 76.9 Å². The van der Waals surface area contributed by atoms with Crippen molar-refractivity contribution in [1.29, 1.82) is 0 Å². The van der Waals surface area contributed by atoms with Crippen molar-refractivity contribution in [3.05, 3.63) is 0 Å². The van der Waals surface area contributed by atoms with Gasteiger partial charge in [0, 0.05) is 0 Å². The van der Waals surface area contributed by atoms with Gasteiger partial charge in [0.25, 0.3) is 0 Å². The number of nitrogens with one attached hydrogen (secondary N) is 1. The van der Waals surface area contributed by atoms with E-state index in [9.17, 15) is 0 Å². The molecule has 0 bridgehead atoms. The highest BCUT2D eigenvalue weighted by Gasteiger charge is 2.15. The fourth-order valence-corrected chi connectivity index (χ4v) is 1.60. The Hall–Kier alpha value is -0.0400. The highest BCUT2D eigenvalue weighted by atomic mass is 14.8. The fraction of sp³-hybridized carbons (Fsp3) is 1.00. The van der Waals surface area contributed by atoms with Crippen LogP contribution in [0.3, 0.4) is 0 Å². The maximum absolute atomic E-state index is 3.52. The summed E-state index contributed by atoms with van der Waals surface area (Å²) in [6, 6.07) is 0. The van der Waals surface area contributed by atoms with E-state index in [1.54, 1.807) is 0 Å². The Kier molecular flexibility index (Phi) is 4.67. The van der Waals surface area contributed by atoms with Crippen LogP contribution in [0.5, 0.6) is 0 Å². The Morgan fingerprint density at radius 3 is 2.50 bits per heavy atom. The minimum Gasteiger partial charge on any atom is -0.317 e. The van der Waals surface area contributed by atoms with Crippen molar-refractivity contribution in [2.24, 2.45) is 11.8 Å². The topological polar surface area (TPSA) is 12.0 Å². The van der Waals surface area contributed by atoms with Gasteiger partial charge in [0.05, 0.1) is 0 Å². The van der Waals surface area contributed by atoms with E-state index in [2.05, 4.69) is 19.2 Å². The van der Waals surface area contributed by atoms with Crippen LogP contribution in [0.25, 0.3) is 0 Å². The zero-order chi connectivity index (χ0) is 8.81. The second-order valence-corrected chi connectivity index (χ2v) is 4.52.